The van der Waals surface area contributed by atoms with E-state index in [4.69, 9.17) is 24.7 Å². The molecule has 72 heavy (non-hydrogen) atoms. The average Bonchev–Trinajstić information content (AvgIpc) is 3.93. The molecule has 9 rings (SSSR count). The van der Waals surface area contributed by atoms with E-state index in [0.29, 0.717) is 47.8 Å². The normalized spacial score (nSPS) is 14.9. The summed E-state index contributed by atoms with van der Waals surface area (Å²) in [7, 11) is 0. The summed E-state index contributed by atoms with van der Waals surface area (Å²) in [5.74, 6) is -4.32. The van der Waals surface area contributed by atoms with Crippen molar-refractivity contribution in [3.8, 4) is 11.5 Å². The molecular weight excluding hydrogens is 964 g/mol. The molecule has 21 heteroatoms. The van der Waals surface area contributed by atoms with E-state index in [0.717, 1.165) is 35.5 Å². The molecule has 0 unspecified atom stereocenters. The highest BCUT2D eigenvalue weighted by atomic mass is 35.5. The van der Waals surface area contributed by atoms with Crippen LogP contribution in [0.25, 0.3) is 0 Å². The Kier molecular flexibility index (Phi) is 18.4. The molecule has 0 saturated heterocycles. The summed E-state index contributed by atoms with van der Waals surface area (Å²) in [4.78, 5) is 61.2. The fourth-order valence-electron chi connectivity index (χ4n) is 7.20. The minimum Gasteiger partial charge on any atom is -0.492 e. The summed E-state index contributed by atoms with van der Waals surface area (Å²) in [6.45, 7) is 4.20. The summed E-state index contributed by atoms with van der Waals surface area (Å²) in [6.07, 6.45) is 6.89. The quantitative estimate of drug-likeness (QED) is 0.0996. The SMILES string of the molecule is C[C@H](OC(=O)N[C@H]1CCOc2c(C(=O)Nc3ccc(F)c(F)c3)cccc21)c1ccccn1.C[C@H](OC(=O)n1ccnc1)c1ccccn1.Cl.N[C@H]1CCOc2c(C(=O)Nc3ccc(F)c(F)c3)cccc21. The number of nitrogens with zero attached hydrogens (tertiary/aromatic N) is 4. The third-order valence-electron chi connectivity index (χ3n) is 10.8. The monoisotopic (exact) mass is 1010 g/mol. The fourth-order valence-corrected chi connectivity index (χ4v) is 7.20. The molecule has 7 aromatic rings. The number of nitrogens with two attached hydrogens (primary N) is 1. The van der Waals surface area contributed by atoms with Gasteiger partial charge in [0.1, 0.15) is 30.0 Å². The first kappa shape index (κ1) is 53.0. The average molecular weight is 1010 g/mol. The first-order chi connectivity index (χ1) is 34.2. The van der Waals surface area contributed by atoms with Crippen molar-refractivity contribution < 1.29 is 55.7 Å². The van der Waals surface area contributed by atoms with Crippen LogP contribution in [-0.2, 0) is 9.47 Å². The zero-order valence-corrected chi connectivity index (χ0v) is 39.3. The van der Waals surface area contributed by atoms with Gasteiger partial charge in [0.15, 0.2) is 23.3 Å². The van der Waals surface area contributed by atoms with Crippen LogP contribution in [0.3, 0.4) is 0 Å². The molecule has 4 aromatic carbocycles. The number of halogens is 5. The zero-order chi connectivity index (χ0) is 50.4. The van der Waals surface area contributed by atoms with Gasteiger partial charge in [-0.15, -0.1) is 12.4 Å². The molecule has 3 aromatic heterocycles. The van der Waals surface area contributed by atoms with Crippen molar-refractivity contribution in [1.82, 2.24) is 24.8 Å². The van der Waals surface area contributed by atoms with Gasteiger partial charge in [-0.3, -0.25) is 19.6 Å². The highest BCUT2D eigenvalue weighted by Crippen LogP contribution is 2.36. The van der Waals surface area contributed by atoms with Gasteiger partial charge in [0, 0.05) is 78.3 Å². The number of ether oxygens (including phenoxy) is 4. The molecule has 16 nitrogen and oxygen atoms in total. The minimum absolute atomic E-state index is 0. The number of nitrogens with one attached hydrogen (secondary N) is 3. The van der Waals surface area contributed by atoms with E-state index in [1.165, 1.54) is 35.4 Å². The lowest BCUT2D eigenvalue weighted by atomic mass is 9.97. The molecule has 0 bridgehead atoms. The molecule has 5 heterocycles. The van der Waals surface area contributed by atoms with Crippen LogP contribution in [0.2, 0.25) is 0 Å². The molecule has 0 radical (unpaired) electrons. The lowest BCUT2D eigenvalue weighted by Crippen LogP contribution is -2.33. The third kappa shape index (κ3) is 13.7. The molecule has 0 fully saturated rings. The number of imidazole rings is 1. The Morgan fingerprint density at radius 1 is 0.653 bits per heavy atom. The van der Waals surface area contributed by atoms with E-state index in [1.807, 2.05) is 30.3 Å². The third-order valence-corrected chi connectivity index (χ3v) is 10.8. The number of aromatic nitrogens is 4. The number of anilines is 2. The lowest BCUT2D eigenvalue weighted by molar-refractivity contribution is 0.0984. The first-order valence-corrected chi connectivity index (χ1v) is 22.0. The molecule has 3 amide bonds. The molecule has 2 aliphatic rings. The number of para-hydroxylation sites is 2. The summed E-state index contributed by atoms with van der Waals surface area (Å²) in [5.41, 5.74) is 9.52. The Hall–Kier alpha value is -8.36. The maximum Gasteiger partial charge on any atom is 0.419 e. The second-order valence-electron chi connectivity index (χ2n) is 15.7. The van der Waals surface area contributed by atoms with Crippen molar-refractivity contribution >= 4 is 47.8 Å². The molecule has 2 aliphatic heterocycles. The zero-order valence-electron chi connectivity index (χ0n) is 38.5. The number of amides is 3. The fraction of sp³-hybridized carbons (Fsp3) is 0.196. The van der Waals surface area contributed by atoms with Crippen LogP contribution < -0.4 is 31.2 Å². The van der Waals surface area contributed by atoms with E-state index in [9.17, 15) is 36.7 Å². The van der Waals surface area contributed by atoms with Gasteiger partial charge in [0.05, 0.1) is 41.8 Å². The molecular formula is C51H47ClF4N8O8. The Balaban J connectivity index is 0.000000188. The Labute approximate surface area is 416 Å². The maximum atomic E-state index is 13.5. The topological polar surface area (TPSA) is 211 Å². The van der Waals surface area contributed by atoms with E-state index in [2.05, 4.69) is 30.9 Å². The Morgan fingerprint density at radius 2 is 1.18 bits per heavy atom. The number of hydrogen-bond donors (Lipinski definition) is 4. The minimum atomic E-state index is -1.07. The predicted octanol–water partition coefficient (Wildman–Crippen LogP) is 10.4. The highest BCUT2D eigenvalue weighted by molar-refractivity contribution is 6.07. The van der Waals surface area contributed by atoms with Crippen molar-refractivity contribution in [1.29, 1.82) is 0 Å². The van der Waals surface area contributed by atoms with Crippen LogP contribution in [0.15, 0.2) is 140 Å². The largest absolute Gasteiger partial charge is 0.492 e. The van der Waals surface area contributed by atoms with Gasteiger partial charge in [-0.1, -0.05) is 36.4 Å². The van der Waals surface area contributed by atoms with Gasteiger partial charge in [-0.25, -0.2) is 36.7 Å². The van der Waals surface area contributed by atoms with Crippen molar-refractivity contribution in [2.45, 2.75) is 51.0 Å². The predicted molar refractivity (Wildman–Crippen MR) is 258 cm³/mol. The summed E-state index contributed by atoms with van der Waals surface area (Å²) in [5, 5.41) is 7.87. The van der Waals surface area contributed by atoms with Crippen molar-refractivity contribution in [3.63, 3.8) is 0 Å². The van der Waals surface area contributed by atoms with Crippen LogP contribution in [0.1, 0.15) is 94.2 Å². The van der Waals surface area contributed by atoms with Crippen LogP contribution in [-0.4, -0.2) is 56.7 Å². The van der Waals surface area contributed by atoms with Gasteiger partial charge >= 0.3 is 12.2 Å². The molecule has 5 N–H and O–H groups in total. The Morgan fingerprint density at radius 3 is 1.69 bits per heavy atom. The number of carbonyl (C=O) groups excluding carboxylic acids is 4. The van der Waals surface area contributed by atoms with Gasteiger partial charge in [-0.05, 0) is 74.5 Å². The lowest BCUT2D eigenvalue weighted by Gasteiger charge is -2.28. The van der Waals surface area contributed by atoms with Crippen molar-refractivity contribution in [2.24, 2.45) is 5.73 Å². The van der Waals surface area contributed by atoms with Crippen molar-refractivity contribution in [2.75, 3.05) is 23.8 Å². The van der Waals surface area contributed by atoms with E-state index < -0.39 is 59.4 Å². The molecule has 4 atom stereocenters. The standard InChI is InChI=1S/C24H21F2N3O4.C16H14F2N2O2.C11H11N3O2.ClH/c1-14(20-7-2-3-11-27-20)33-24(31)29-21-10-12-32-22-16(21)5-4-6-17(22)23(30)28-15-8-9-18(25)19(26)13-15;17-12-5-4-9(8-13(12)18)20-16(21)11-3-1-2-10-14(19)6-7-22-15(10)11;1-9(10-4-2-3-5-13-10)16-11(15)14-7-6-12-8-14;/h2-9,11,13-14,21H,10,12H2,1H3,(H,28,30)(H,29,31);1-5,8,14H,6-7,19H2,(H,20,21);2-9H,1H3;1H/t14-,21-;14-;9-;/m000./s1. The van der Waals surface area contributed by atoms with E-state index in [1.54, 1.807) is 68.7 Å². The first-order valence-electron chi connectivity index (χ1n) is 22.0. The van der Waals surface area contributed by atoms with Crippen LogP contribution >= 0.6 is 12.4 Å². The number of carbonyl (C=O) groups is 4. The smallest absolute Gasteiger partial charge is 0.419 e. The van der Waals surface area contributed by atoms with Gasteiger partial charge in [-0.2, -0.15) is 0 Å². The van der Waals surface area contributed by atoms with Crippen molar-refractivity contribution in [3.05, 3.63) is 197 Å². The molecule has 0 spiro atoms. The second-order valence-corrected chi connectivity index (χ2v) is 15.7. The summed E-state index contributed by atoms with van der Waals surface area (Å²) >= 11 is 0. The highest BCUT2D eigenvalue weighted by Gasteiger charge is 2.29. The summed E-state index contributed by atoms with van der Waals surface area (Å²) < 4.78 is 75.9. The van der Waals surface area contributed by atoms with Crippen LogP contribution in [0.5, 0.6) is 11.5 Å². The molecule has 0 aliphatic carbocycles. The van der Waals surface area contributed by atoms with E-state index in [-0.39, 0.29) is 48.1 Å². The number of pyridine rings is 2. The van der Waals surface area contributed by atoms with Gasteiger partial charge < -0.3 is 40.6 Å². The van der Waals surface area contributed by atoms with Gasteiger partial charge in [0.2, 0.25) is 0 Å². The van der Waals surface area contributed by atoms with E-state index >= 15 is 0 Å². The van der Waals surface area contributed by atoms with Crippen LogP contribution in [0.4, 0.5) is 38.5 Å². The number of benzene rings is 4. The number of rotatable bonds is 9. The second kappa shape index (κ2) is 25.0. The molecule has 0 saturated carbocycles. The number of alkyl carbamates (subject to hydrolysis) is 1. The Bertz CT molecular complexity index is 2980. The summed E-state index contributed by atoms with van der Waals surface area (Å²) in [6, 6.07) is 26.5. The van der Waals surface area contributed by atoms with Crippen LogP contribution in [0, 0.1) is 23.3 Å². The maximum absolute atomic E-state index is 13.5. The number of fused-ring (bicyclic) bond motifs is 2. The van der Waals surface area contributed by atoms with Gasteiger partial charge in [0.25, 0.3) is 11.8 Å². The molecule has 374 valence electrons. The number of hydrogen-bond acceptors (Lipinski definition) is 12.